The first-order valence-corrected chi connectivity index (χ1v) is 8.42. The van der Waals surface area contributed by atoms with Crippen molar-refractivity contribution in [3.63, 3.8) is 0 Å². The summed E-state index contributed by atoms with van der Waals surface area (Å²) in [7, 11) is 0. The van der Waals surface area contributed by atoms with E-state index in [1.807, 2.05) is 19.9 Å². The molecule has 1 N–H and O–H groups in total. The molecule has 0 aromatic heterocycles. The fourth-order valence-electron chi connectivity index (χ4n) is 3.66. The van der Waals surface area contributed by atoms with E-state index in [0.717, 1.165) is 0 Å². The Bertz CT molecular complexity index is 739. The quantitative estimate of drug-likeness (QED) is 0.494. The second-order valence-corrected chi connectivity index (χ2v) is 8.37. The predicted octanol–water partition coefficient (Wildman–Crippen LogP) is 0.891. The van der Waals surface area contributed by atoms with Crippen LogP contribution in [0.1, 0.15) is 13.8 Å². The van der Waals surface area contributed by atoms with Crippen molar-refractivity contribution in [3.8, 4) is 0 Å². The number of carbonyl (C=O) groups excluding carboxylic acids is 2. The molecule has 8 heteroatoms. The van der Waals surface area contributed by atoms with Crippen LogP contribution in [0.2, 0.25) is 0 Å². The third-order valence-corrected chi connectivity index (χ3v) is 6.44. The molecule has 3 heterocycles. The van der Waals surface area contributed by atoms with Crippen LogP contribution >= 0.6 is 11.8 Å². The molecule has 3 aliphatic rings. The van der Waals surface area contributed by atoms with Gasteiger partial charge < -0.3 is 14.7 Å². The van der Waals surface area contributed by atoms with Gasteiger partial charge in [0.05, 0.1) is 0 Å². The molecule has 3 aliphatic heterocycles. The summed E-state index contributed by atoms with van der Waals surface area (Å²) >= 11 is 1.41. The van der Waals surface area contributed by atoms with Crippen LogP contribution in [-0.2, 0) is 19.1 Å². The fraction of sp³-hybridized carbons (Fsp3) is 0.438. The van der Waals surface area contributed by atoms with E-state index in [9.17, 15) is 19.5 Å². The number of nitrogens with zero attached hydrogens (tertiary/aromatic N) is 2. The zero-order valence-electron chi connectivity index (χ0n) is 13.1. The van der Waals surface area contributed by atoms with Gasteiger partial charge in [-0.3, -0.25) is 14.5 Å². The van der Waals surface area contributed by atoms with Gasteiger partial charge in [0.1, 0.15) is 11.4 Å². The zero-order valence-corrected chi connectivity index (χ0v) is 13.9. The molecule has 0 aliphatic carbocycles. The first-order valence-electron chi connectivity index (χ1n) is 7.54. The average Bonchev–Trinajstić information content (AvgIpc) is 3.24. The van der Waals surface area contributed by atoms with Crippen LogP contribution in [0.5, 0.6) is 0 Å². The van der Waals surface area contributed by atoms with Crippen LogP contribution in [-0.4, -0.2) is 56.3 Å². The number of para-hydroxylation sites is 1. The smallest absolute Gasteiger partial charge is 0.327 e. The normalized spacial score (nSPS) is 35.3. The third kappa shape index (κ3) is 1.75. The number of anilines is 1. The first kappa shape index (κ1) is 15.5. The molecule has 1 aromatic rings. The van der Waals surface area contributed by atoms with Gasteiger partial charge in [-0.25, -0.2) is 4.79 Å². The van der Waals surface area contributed by atoms with Crippen molar-refractivity contribution in [2.75, 3.05) is 4.90 Å². The highest BCUT2D eigenvalue weighted by atomic mass is 32.2. The number of benzene rings is 1. The number of hydrogen-bond acceptors (Lipinski definition) is 5. The molecule has 0 saturated carbocycles. The maximum Gasteiger partial charge on any atom is 0.327 e. The molecular weight excluding hydrogens is 332 g/mol. The number of epoxide rings is 1. The van der Waals surface area contributed by atoms with Crippen molar-refractivity contribution in [1.82, 2.24) is 4.90 Å². The van der Waals surface area contributed by atoms with Crippen molar-refractivity contribution >= 4 is 35.7 Å². The number of fused-ring (bicyclic) bond motifs is 2. The zero-order chi connectivity index (χ0) is 17.3. The van der Waals surface area contributed by atoms with Gasteiger partial charge in [-0.2, -0.15) is 0 Å². The van der Waals surface area contributed by atoms with E-state index in [4.69, 9.17) is 4.74 Å². The number of carboxylic acid groups (broad SMARTS) is 1. The van der Waals surface area contributed by atoms with Gasteiger partial charge in [-0.1, -0.05) is 18.2 Å². The summed E-state index contributed by atoms with van der Waals surface area (Å²) in [5.74, 6) is -1.38. The Morgan fingerprint density at radius 3 is 2.62 bits per heavy atom. The van der Waals surface area contributed by atoms with Crippen LogP contribution in [0, 0.1) is 0 Å². The fourth-order valence-corrected chi connectivity index (χ4v) is 5.35. The van der Waals surface area contributed by atoms with Crippen LogP contribution in [0.15, 0.2) is 30.3 Å². The summed E-state index contributed by atoms with van der Waals surface area (Å²) < 4.78 is 5.07. The number of amides is 2. The minimum absolute atomic E-state index is 0.356. The van der Waals surface area contributed by atoms with Gasteiger partial charge in [0.15, 0.2) is 6.23 Å². The Morgan fingerprint density at radius 1 is 1.38 bits per heavy atom. The average molecular weight is 348 g/mol. The van der Waals surface area contributed by atoms with E-state index in [1.54, 1.807) is 24.3 Å². The highest BCUT2D eigenvalue weighted by Crippen LogP contribution is 2.64. The minimum Gasteiger partial charge on any atom is -0.480 e. The second-order valence-electron chi connectivity index (χ2n) is 6.64. The predicted molar refractivity (Wildman–Crippen MR) is 86.3 cm³/mol. The van der Waals surface area contributed by atoms with E-state index < -0.39 is 34.0 Å². The highest BCUT2D eigenvalue weighted by molar-refractivity contribution is 8.01. The van der Waals surface area contributed by atoms with E-state index in [1.165, 1.54) is 21.6 Å². The Labute approximate surface area is 142 Å². The summed E-state index contributed by atoms with van der Waals surface area (Å²) in [4.78, 5) is 38.5. The van der Waals surface area contributed by atoms with Crippen molar-refractivity contribution in [2.45, 2.75) is 41.8 Å². The molecule has 1 spiro atoms. The van der Waals surface area contributed by atoms with Crippen LogP contribution in [0.4, 0.5) is 5.69 Å². The summed E-state index contributed by atoms with van der Waals surface area (Å²) in [6.07, 6.45) is -0.0496. The molecule has 0 bridgehead atoms. The lowest BCUT2D eigenvalue weighted by Crippen LogP contribution is -2.69. The molecule has 4 atom stereocenters. The van der Waals surface area contributed by atoms with E-state index in [-0.39, 0.29) is 5.91 Å². The van der Waals surface area contributed by atoms with Gasteiger partial charge in [0.25, 0.3) is 5.91 Å². The number of carboxylic acids is 1. The summed E-state index contributed by atoms with van der Waals surface area (Å²) in [6, 6.07) is 8.05. The Morgan fingerprint density at radius 2 is 2.04 bits per heavy atom. The van der Waals surface area contributed by atoms with Gasteiger partial charge in [-0.05, 0) is 26.0 Å². The maximum absolute atomic E-state index is 12.7. The molecule has 7 nitrogen and oxygen atoms in total. The van der Waals surface area contributed by atoms with Crippen molar-refractivity contribution < 1.29 is 24.2 Å². The lowest BCUT2D eigenvalue weighted by atomic mass is 9.90. The molecule has 0 unspecified atom stereocenters. The summed E-state index contributed by atoms with van der Waals surface area (Å²) in [5, 5.41) is 9.07. The number of ether oxygens (including phenoxy) is 1. The molecule has 1 aromatic carbocycles. The number of hydrogen-bond donors (Lipinski definition) is 1. The molecule has 0 radical (unpaired) electrons. The SMILES string of the molecule is CC1(C)S[C@H]2N(C(=O)[C@]23O[C@H]3N(C=O)c2ccccc2)[C@H]1C(=O)O. The topological polar surface area (TPSA) is 90.5 Å². The lowest BCUT2D eigenvalue weighted by Gasteiger charge is -2.42. The van der Waals surface area contributed by atoms with Gasteiger partial charge in [-0.15, -0.1) is 11.8 Å². The number of aliphatic carboxylic acids is 1. The molecule has 24 heavy (non-hydrogen) atoms. The van der Waals surface area contributed by atoms with Crippen molar-refractivity contribution in [1.29, 1.82) is 0 Å². The molecule has 3 saturated heterocycles. The third-order valence-electron chi connectivity index (χ3n) is 4.81. The van der Waals surface area contributed by atoms with Crippen molar-refractivity contribution in [3.05, 3.63) is 30.3 Å². The standard InChI is InChI=1S/C16H16N2O5S/c1-15(2)10(11(20)21)18-12(22)16(14(18)24-15)13(23-16)17(8-19)9-6-4-3-5-7-9/h3-8,10,13-14H,1-2H3,(H,20,21)/t10-,13+,14+,16+/m0/s1. The van der Waals surface area contributed by atoms with Crippen LogP contribution < -0.4 is 4.90 Å². The maximum atomic E-state index is 12.7. The van der Waals surface area contributed by atoms with Crippen LogP contribution in [0.25, 0.3) is 0 Å². The Hall–Kier alpha value is -2.06. The number of rotatable bonds is 4. The summed E-state index contributed by atoms with van der Waals surface area (Å²) in [5.41, 5.74) is -0.485. The van der Waals surface area contributed by atoms with Crippen LogP contribution in [0.3, 0.4) is 0 Å². The van der Waals surface area contributed by atoms with Gasteiger partial charge in [0, 0.05) is 10.4 Å². The molecule has 2 amide bonds. The number of thioether (sulfide) groups is 1. The van der Waals surface area contributed by atoms with E-state index >= 15 is 0 Å². The highest BCUT2D eigenvalue weighted by Gasteiger charge is 2.84. The molecule has 126 valence electrons. The number of β-lactam (4-membered cyclic amide) rings is 1. The Kier molecular flexibility index (Phi) is 3.05. The molecular formula is C16H16N2O5S. The monoisotopic (exact) mass is 348 g/mol. The lowest BCUT2D eigenvalue weighted by molar-refractivity contribution is -0.165. The minimum atomic E-state index is -1.12. The molecule has 3 fully saturated rings. The van der Waals surface area contributed by atoms with E-state index in [2.05, 4.69) is 0 Å². The van der Waals surface area contributed by atoms with Crippen molar-refractivity contribution in [2.24, 2.45) is 0 Å². The number of carbonyl (C=O) groups is 3. The second kappa shape index (κ2) is 4.73. The largest absolute Gasteiger partial charge is 0.480 e. The van der Waals surface area contributed by atoms with Gasteiger partial charge in [0.2, 0.25) is 12.0 Å². The first-order chi connectivity index (χ1) is 11.3. The van der Waals surface area contributed by atoms with E-state index in [0.29, 0.717) is 12.1 Å². The Balaban J connectivity index is 1.63. The molecule has 4 rings (SSSR count). The summed E-state index contributed by atoms with van der Waals surface area (Å²) in [6.45, 7) is 3.61. The van der Waals surface area contributed by atoms with Gasteiger partial charge >= 0.3 is 5.97 Å².